The first-order valence-corrected chi connectivity index (χ1v) is 9.77. The molecule has 3 rings (SSSR count). The molecule has 3 heteroatoms. The van der Waals surface area contributed by atoms with Crippen molar-refractivity contribution in [3.63, 3.8) is 0 Å². The van der Waals surface area contributed by atoms with E-state index < -0.39 is 0 Å². The van der Waals surface area contributed by atoms with Crippen LogP contribution in [-0.2, 0) is 13.2 Å². The molecule has 0 unspecified atom stereocenters. The molecule has 0 N–H and O–H groups in total. The second-order valence-electron chi connectivity index (χ2n) is 7.71. The van der Waals surface area contributed by atoms with Crippen molar-refractivity contribution in [2.24, 2.45) is 0 Å². The van der Waals surface area contributed by atoms with Crippen LogP contribution in [0.15, 0.2) is 48.5 Å². The fourth-order valence-corrected chi connectivity index (χ4v) is 3.67. The number of nitrogens with zero attached hydrogens (tertiary/aromatic N) is 2. The molecule has 1 atom stereocenters. The quantitative estimate of drug-likeness (QED) is 0.762. The third-order valence-electron chi connectivity index (χ3n) is 5.40. The van der Waals surface area contributed by atoms with E-state index in [1.807, 2.05) is 0 Å². The van der Waals surface area contributed by atoms with Gasteiger partial charge in [-0.05, 0) is 65.0 Å². The number of hydrogen-bond acceptors (Lipinski definition) is 3. The molecule has 0 bridgehead atoms. The van der Waals surface area contributed by atoms with E-state index in [2.05, 4.69) is 79.3 Å². The zero-order chi connectivity index (χ0) is 18.4. The molecule has 3 nitrogen and oxygen atoms in total. The average molecular weight is 353 g/mol. The lowest BCUT2D eigenvalue weighted by Crippen LogP contribution is -2.30. The minimum atomic E-state index is 0.625. The number of likely N-dealkylation sites (tertiary alicyclic amines) is 1. The van der Waals surface area contributed by atoms with Crippen LogP contribution in [-0.4, -0.2) is 43.0 Å². The van der Waals surface area contributed by atoms with E-state index in [1.165, 1.54) is 42.5 Å². The van der Waals surface area contributed by atoms with Gasteiger partial charge in [-0.15, -0.1) is 0 Å². The van der Waals surface area contributed by atoms with Crippen molar-refractivity contribution >= 4 is 0 Å². The highest BCUT2D eigenvalue weighted by molar-refractivity contribution is 5.33. The minimum absolute atomic E-state index is 0.625. The second-order valence-corrected chi connectivity index (χ2v) is 7.71. The van der Waals surface area contributed by atoms with E-state index in [4.69, 9.17) is 4.74 Å². The molecule has 0 amide bonds. The van der Waals surface area contributed by atoms with Crippen molar-refractivity contribution in [2.75, 3.05) is 27.2 Å². The summed E-state index contributed by atoms with van der Waals surface area (Å²) in [6, 6.07) is 17.8. The van der Waals surface area contributed by atoms with Gasteiger partial charge in [0.25, 0.3) is 0 Å². The van der Waals surface area contributed by atoms with Gasteiger partial charge in [0, 0.05) is 18.2 Å². The second kappa shape index (κ2) is 9.20. The van der Waals surface area contributed by atoms with Crippen molar-refractivity contribution < 1.29 is 4.74 Å². The number of aryl methyl sites for hydroxylation is 1. The summed E-state index contributed by atoms with van der Waals surface area (Å²) < 4.78 is 6.16. The van der Waals surface area contributed by atoms with Gasteiger partial charge < -0.3 is 9.64 Å². The summed E-state index contributed by atoms with van der Waals surface area (Å²) in [5.74, 6) is 1.02. The monoisotopic (exact) mass is 352 g/mol. The van der Waals surface area contributed by atoms with Gasteiger partial charge in [-0.1, -0.05) is 48.0 Å². The third kappa shape index (κ3) is 5.33. The fraction of sp³-hybridized carbons (Fsp3) is 0.478. The lowest BCUT2D eigenvalue weighted by molar-refractivity contribution is 0.240. The first-order valence-electron chi connectivity index (χ1n) is 9.77. The summed E-state index contributed by atoms with van der Waals surface area (Å²) >= 11 is 0. The van der Waals surface area contributed by atoms with Gasteiger partial charge in [0.05, 0.1) is 0 Å². The average Bonchev–Trinajstić information content (AvgIpc) is 2.88. The van der Waals surface area contributed by atoms with Gasteiger partial charge >= 0.3 is 0 Å². The highest BCUT2D eigenvalue weighted by atomic mass is 16.5. The maximum absolute atomic E-state index is 6.16. The number of hydrogen-bond donors (Lipinski definition) is 0. The summed E-state index contributed by atoms with van der Waals surface area (Å²) in [6.07, 6.45) is 3.82. The number of para-hydroxylation sites is 1. The zero-order valence-electron chi connectivity index (χ0n) is 16.4. The van der Waals surface area contributed by atoms with Crippen molar-refractivity contribution in [3.8, 4) is 5.75 Å². The van der Waals surface area contributed by atoms with Crippen LogP contribution in [0.4, 0.5) is 0 Å². The highest BCUT2D eigenvalue weighted by Crippen LogP contribution is 2.23. The summed E-state index contributed by atoms with van der Waals surface area (Å²) in [5.41, 5.74) is 3.79. The highest BCUT2D eigenvalue weighted by Gasteiger charge is 2.19. The smallest absolute Gasteiger partial charge is 0.124 e. The van der Waals surface area contributed by atoms with E-state index >= 15 is 0 Å². The molecule has 2 aromatic rings. The minimum Gasteiger partial charge on any atom is -0.489 e. The molecule has 0 aliphatic carbocycles. The topological polar surface area (TPSA) is 15.7 Å². The Morgan fingerprint density at radius 1 is 1.00 bits per heavy atom. The van der Waals surface area contributed by atoms with Gasteiger partial charge in [-0.3, -0.25) is 4.90 Å². The van der Waals surface area contributed by atoms with Crippen molar-refractivity contribution in [2.45, 2.75) is 45.4 Å². The maximum Gasteiger partial charge on any atom is 0.124 e. The van der Waals surface area contributed by atoms with Gasteiger partial charge in [0.15, 0.2) is 0 Å². The van der Waals surface area contributed by atoms with Gasteiger partial charge in [0.2, 0.25) is 0 Å². The maximum atomic E-state index is 6.16. The normalized spacial score (nSPS) is 18.7. The van der Waals surface area contributed by atoms with Gasteiger partial charge in [-0.25, -0.2) is 0 Å². The van der Waals surface area contributed by atoms with Crippen LogP contribution in [0.5, 0.6) is 5.75 Å². The SMILES string of the molecule is Cc1ccc(COc2ccccc2CN2CCC[C@@H](N(C)C)CC2)cc1. The molecule has 1 fully saturated rings. The molecule has 0 saturated carbocycles. The first kappa shape index (κ1) is 18.9. The summed E-state index contributed by atoms with van der Waals surface area (Å²) in [4.78, 5) is 4.96. The van der Waals surface area contributed by atoms with Crippen LogP contribution in [0.25, 0.3) is 0 Å². The van der Waals surface area contributed by atoms with Crippen LogP contribution in [0.2, 0.25) is 0 Å². The molecule has 0 aromatic heterocycles. The molecule has 0 radical (unpaired) electrons. The molecule has 1 saturated heterocycles. The number of rotatable bonds is 6. The Morgan fingerprint density at radius 2 is 1.77 bits per heavy atom. The molecule has 140 valence electrons. The van der Waals surface area contributed by atoms with Gasteiger partial charge in [-0.2, -0.15) is 0 Å². The molecule has 1 heterocycles. The molecule has 1 aliphatic heterocycles. The molecular formula is C23H32N2O. The lowest BCUT2D eigenvalue weighted by Gasteiger charge is -2.24. The largest absolute Gasteiger partial charge is 0.489 e. The van der Waals surface area contributed by atoms with Crippen molar-refractivity contribution in [1.29, 1.82) is 0 Å². The Kier molecular flexibility index (Phi) is 6.70. The predicted molar refractivity (Wildman–Crippen MR) is 109 cm³/mol. The van der Waals surface area contributed by atoms with Crippen LogP contribution < -0.4 is 4.74 Å². The van der Waals surface area contributed by atoms with E-state index in [0.717, 1.165) is 18.8 Å². The van der Waals surface area contributed by atoms with Crippen LogP contribution in [0.3, 0.4) is 0 Å². The lowest BCUT2D eigenvalue weighted by atomic mass is 10.1. The molecule has 2 aromatic carbocycles. The third-order valence-corrected chi connectivity index (χ3v) is 5.40. The number of ether oxygens (including phenoxy) is 1. The Labute approximate surface area is 158 Å². The van der Waals surface area contributed by atoms with Crippen LogP contribution in [0.1, 0.15) is 36.0 Å². The standard InChI is InChI=1S/C23H32N2O/c1-19-10-12-20(13-11-19)18-26-23-9-5-4-7-21(23)17-25-15-6-8-22(14-16-25)24(2)3/h4-5,7,9-13,22H,6,8,14-18H2,1-3H3/t22-/m1/s1. The molecule has 0 spiro atoms. The summed E-state index contributed by atoms with van der Waals surface area (Å²) in [5, 5.41) is 0. The van der Waals surface area contributed by atoms with E-state index in [0.29, 0.717) is 12.6 Å². The Balaban J connectivity index is 1.60. The Bertz CT molecular complexity index is 681. The van der Waals surface area contributed by atoms with Crippen LogP contribution >= 0.6 is 0 Å². The summed E-state index contributed by atoms with van der Waals surface area (Å²) in [6.45, 7) is 6.05. The van der Waals surface area contributed by atoms with Gasteiger partial charge in [0.1, 0.15) is 12.4 Å². The molecular weight excluding hydrogens is 320 g/mol. The zero-order valence-corrected chi connectivity index (χ0v) is 16.4. The Hall–Kier alpha value is -1.84. The predicted octanol–water partition coefficient (Wildman–Crippen LogP) is 4.49. The number of benzene rings is 2. The van der Waals surface area contributed by atoms with E-state index in [-0.39, 0.29) is 0 Å². The molecule has 26 heavy (non-hydrogen) atoms. The van der Waals surface area contributed by atoms with Crippen molar-refractivity contribution in [3.05, 3.63) is 65.2 Å². The summed E-state index contributed by atoms with van der Waals surface area (Å²) in [7, 11) is 4.41. The van der Waals surface area contributed by atoms with Crippen molar-refractivity contribution in [1.82, 2.24) is 9.80 Å². The van der Waals surface area contributed by atoms with E-state index in [1.54, 1.807) is 0 Å². The van der Waals surface area contributed by atoms with Crippen LogP contribution in [0, 0.1) is 6.92 Å². The first-order chi connectivity index (χ1) is 12.6. The molecule has 1 aliphatic rings. The fourth-order valence-electron chi connectivity index (χ4n) is 3.67. The van der Waals surface area contributed by atoms with E-state index in [9.17, 15) is 0 Å². The Morgan fingerprint density at radius 3 is 2.54 bits per heavy atom.